The van der Waals surface area contributed by atoms with Crippen molar-refractivity contribution < 1.29 is 14.3 Å². The van der Waals surface area contributed by atoms with E-state index in [-0.39, 0.29) is 18.4 Å². The van der Waals surface area contributed by atoms with Gasteiger partial charge < -0.3 is 20.3 Å². The van der Waals surface area contributed by atoms with Gasteiger partial charge in [-0.1, -0.05) is 30.7 Å². The maximum atomic E-state index is 12.5. The number of ether oxygens (including phenoxy) is 1. The summed E-state index contributed by atoms with van der Waals surface area (Å²) in [5.74, 6) is 0.246. The second kappa shape index (κ2) is 8.77. The molecule has 27 heavy (non-hydrogen) atoms. The van der Waals surface area contributed by atoms with E-state index in [9.17, 15) is 9.59 Å². The lowest BCUT2D eigenvalue weighted by Crippen LogP contribution is -2.50. The fraction of sp³-hybridized carbons (Fsp3) is 0.300. The Morgan fingerprint density at radius 3 is 2.67 bits per heavy atom. The van der Waals surface area contributed by atoms with Gasteiger partial charge in [0.1, 0.15) is 5.75 Å². The van der Waals surface area contributed by atoms with Crippen LogP contribution in [-0.4, -0.2) is 37.6 Å². The summed E-state index contributed by atoms with van der Waals surface area (Å²) in [5.41, 5.74) is 1.46. The first kappa shape index (κ1) is 19.0. The van der Waals surface area contributed by atoms with Crippen LogP contribution in [0.5, 0.6) is 5.75 Å². The molecule has 2 N–H and O–H groups in total. The van der Waals surface area contributed by atoms with Crippen LogP contribution >= 0.6 is 11.6 Å². The molecule has 1 heterocycles. The van der Waals surface area contributed by atoms with Gasteiger partial charge in [0.25, 0.3) is 5.91 Å². The van der Waals surface area contributed by atoms with E-state index in [4.69, 9.17) is 16.3 Å². The van der Waals surface area contributed by atoms with Crippen LogP contribution in [0.3, 0.4) is 0 Å². The first-order chi connectivity index (χ1) is 13.1. The Morgan fingerprint density at radius 2 is 1.93 bits per heavy atom. The number of carbonyl (C=O) groups excluding carboxylic acids is 2. The number of rotatable bonds is 6. The molecule has 142 valence electrons. The first-order valence-electron chi connectivity index (χ1n) is 8.90. The van der Waals surface area contributed by atoms with Gasteiger partial charge in [-0.15, -0.1) is 0 Å². The molecule has 0 aliphatic carbocycles. The smallest absolute Gasteiger partial charge is 0.262 e. The largest absolute Gasteiger partial charge is 0.477 e. The molecule has 6 nitrogen and oxygen atoms in total. The highest BCUT2D eigenvalue weighted by Crippen LogP contribution is 2.33. The van der Waals surface area contributed by atoms with Gasteiger partial charge in [-0.05, 0) is 42.8 Å². The number of fused-ring (bicyclic) bond motifs is 1. The highest BCUT2D eigenvalue weighted by molar-refractivity contribution is 6.30. The van der Waals surface area contributed by atoms with Crippen LogP contribution in [-0.2, 0) is 9.59 Å². The Hall–Kier alpha value is -2.73. The summed E-state index contributed by atoms with van der Waals surface area (Å²) in [4.78, 5) is 26.7. The molecule has 1 aliphatic rings. The average Bonchev–Trinajstić information content (AvgIpc) is 2.67. The predicted octanol–water partition coefficient (Wildman–Crippen LogP) is 3.07. The molecule has 0 radical (unpaired) electrons. The minimum atomic E-state index is -0.658. The molecule has 0 fully saturated rings. The van der Waals surface area contributed by atoms with E-state index >= 15 is 0 Å². The Morgan fingerprint density at radius 1 is 1.19 bits per heavy atom. The zero-order valence-electron chi connectivity index (χ0n) is 15.1. The number of amides is 2. The topological polar surface area (TPSA) is 70.7 Å². The van der Waals surface area contributed by atoms with Crippen LogP contribution in [0.2, 0.25) is 5.02 Å². The van der Waals surface area contributed by atoms with Crippen molar-refractivity contribution in [3.05, 3.63) is 53.6 Å². The molecule has 2 aromatic carbocycles. The Bertz CT molecular complexity index is 810. The lowest BCUT2D eigenvalue weighted by Gasteiger charge is -2.35. The lowest BCUT2D eigenvalue weighted by molar-refractivity contribution is -0.128. The number of benzene rings is 2. The molecular formula is C20H22ClN3O3. The highest BCUT2D eigenvalue weighted by atomic mass is 35.5. The third-order valence-electron chi connectivity index (χ3n) is 4.17. The number of hydrogen-bond acceptors (Lipinski definition) is 4. The van der Waals surface area contributed by atoms with E-state index in [1.165, 1.54) is 0 Å². The van der Waals surface area contributed by atoms with E-state index in [1.807, 2.05) is 30.0 Å². The molecule has 2 aromatic rings. The van der Waals surface area contributed by atoms with Gasteiger partial charge in [0.15, 0.2) is 6.10 Å². The van der Waals surface area contributed by atoms with E-state index in [2.05, 4.69) is 10.6 Å². The van der Waals surface area contributed by atoms with Crippen molar-refractivity contribution in [3.63, 3.8) is 0 Å². The minimum absolute atomic E-state index is 0.112. The summed E-state index contributed by atoms with van der Waals surface area (Å²) in [6.45, 7) is 3.00. The Balaban J connectivity index is 1.71. The third kappa shape index (κ3) is 4.92. The number of carbonyl (C=O) groups is 2. The number of nitrogens with one attached hydrogen (secondary N) is 2. The zero-order valence-corrected chi connectivity index (χ0v) is 15.8. The first-order valence-corrected chi connectivity index (χ1v) is 9.28. The molecule has 0 unspecified atom stereocenters. The van der Waals surface area contributed by atoms with Crippen LogP contribution in [0, 0.1) is 0 Å². The standard InChI is InChI=1S/C20H22ClN3O3/c1-2-11-22-20(26)18-12-24(16-5-3-4-6-17(16)27-18)13-19(25)23-15-9-7-14(21)8-10-15/h3-10,18H,2,11-13H2,1H3,(H,22,26)(H,23,25)/t18-/m0/s1. The Labute approximate surface area is 163 Å². The average molecular weight is 388 g/mol. The number of nitrogens with zero attached hydrogens (tertiary/aromatic N) is 1. The summed E-state index contributed by atoms with van der Waals surface area (Å²) in [7, 11) is 0. The molecule has 0 aromatic heterocycles. The van der Waals surface area contributed by atoms with Crippen LogP contribution in [0.15, 0.2) is 48.5 Å². The Kier molecular flexibility index (Phi) is 6.19. The van der Waals surface area contributed by atoms with Gasteiger partial charge in [-0.25, -0.2) is 0 Å². The molecular weight excluding hydrogens is 366 g/mol. The van der Waals surface area contributed by atoms with Gasteiger partial charge in [-0.3, -0.25) is 9.59 Å². The monoisotopic (exact) mass is 387 g/mol. The van der Waals surface area contributed by atoms with Crippen molar-refractivity contribution in [3.8, 4) is 5.75 Å². The fourth-order valence-electron chi connectivity index (χ4n) is 2.86. The van der Waals surface area contributed by atoms with E-state index in [1.54, 1.807) is 30.3 Å². The molecule has 1 atom stereocenters. The van der Waals surface area contributed by atoms with Gasteiger partial charge in [-0.2, -0.15) is 0 Å². The van der Waals surface area contributed by atoms with Crippen molar-refractivity contribution in [1.82, 2.24) is 5.32 Å². The minimum Gasteiger partial charge on any atom is -0.477 e. The van der Waals surface area contributed by atoms with Gasteiger partial charge in [0, 0.05) is 17.3 Å². The number of anilines is 2. The quantitative estimate of drug-likeness (QED) is 0.799. The van der Waals surface area contributed by atoms with Crippen molar-refractivity contribution in [2.24, 2.45) is 0 Å². The number of para-hydroxylation sites is 2. The SMILES string of the molecule is CCCNC(=O)[C@@H]1CN(CC(=O)Nc2ccc(Cl)cc2)c2ccccc2O1. The third-order valence-corrected chi connectivity index (χ3v) is 4.42. The predicted molar refractivity (Wildman–Crippen MR) is 106 cm³/mol. The molecule has 2 amide bonds. The summed E-state index contributed by atoms with van der Waals surface area (Å²) >= 11 is 5.87. The molecule has 1 aliphatic heterocycles. The highest BCUT2D eigenvalue weighted by Gasteiger charge is 2.31. The second-order valence-corrected chi connectivity index (χ2v) is 6.74. The molecule has 0 saturated heterocycles. The molecule has 0 spiro atoms. The summed E-state index contributed by atoms with van der Waals surface area (Å²) in [6.07, 6.45) is 0.192. The maximum absolute atomic E-state index is 12.5. The lowest BCUT2D eigenvalue weighted by atomic mass is 10.1. The van der Waals surface area contributed by atoms with Crippen LogP contribution in [0.25, 0.3) is 0 Å². The van der Waals surface area contributed by atoms with Crippen molar-refractivity contribution in [2.45, 2.75) is 19.4 Å². The summed E-state index contributed by atoms with van der Waals surface area (Å²) < 4.78 is 5.83. The zero-order chi connectivity index (χ0) is 19.2. The van der Waals surface area contributed by atoms with E-state index in [0.29, 0.717) is 29.5 Å². The molecule has 3 rings (SSSR count). The van der Waals surface area contributed by atoms with Gasteiger partial charge >= 0.3 is 0 Å². The fourth-order valence-corrected chi connectivity index (χ4v) is 2.99. The maximum Gasteiger partial charge on any atom is 0.262 e. The molecule has 7 heteroatoms. The second-order valence-electron chi connectivity index (χ2n) is 6.30. The van der Waals surface area contributed by atoms with Crippen LogP contribution in [0.1, 0.15) is 13.3 Å². The van der Waals surface area contributed by atoms with Crippen molar-refractivity contribution >= 4 is 34.8 Å². The van der Waals surface area contributed by atoms with Crippen molar-refractivity contribution in [1.29, 1.82) is 0 Å². The number of halogens is 1. The normalized spacial score (nSPS) is 15.5. The molecule has 0 bridgehead atoms. The van der Waals surface area contributed by atoms with Crippen LogP contribution < -0.4 is 20.3 Å². The number of hydrogen-bond donors (Lipinski definition) is 2. The van der Waals surface area contributed by atoms with Gasteiger partial charge in [0.05, 0.1) is 18.8 Å². The van der Waals surface area contributed by atoms with Crippen LogP contribution in [0.4, 0.5) is 11.4 Å². The van der Waals surface area contributed by atoms with E-state index in [0.717, 1.165) is 12.1 Å². The van der Waals surface area contributed by atoms with Crippen molar-refractivity contribution in [2.75, 3.05) is 29.9 Å². The summed E-state index contributed by atoms with van der Waals surface area (Å²) in [6, 6.07) is 14.3. The van der Waals surface area contributed by atoms with E-state index < -0.39 is 6.10 Å². The summed E-state index contributed by atoms with van der Waals surface area (Å²) in [5, 5.41) is 6.30. The van der Waals surface area contributed by atoms with Gasteiger partial charge in [0.2, 0.25) is 5.91 Å². The molecule has 0 saturated carbocycles.